The highest BCUT2D eigenvalue weighted by Crippen LogP contribution is 2.28. The molecule has 16 heteroatoms. The van der Waals surface area contributed by atoms with Gasteiger partial charge in [-0.15, -0.1) is 0 Å². The van der Waals surface area contributed by atoms with Gasteiger partial charge in [0.1, 0.15) is 43.5 Å². The van der Waals surface area contributed by atoms with Gasteiger partial charge in [0.25, 0.3) is 0 Å². The van der Waals surface area contributed by atoms with Crippen molar-refractivity contribution >= 4 is 23.4 Å². The van der Waals surface area contributed by atoms with Crippen LogP contribution < -0.4 is 26.0 Å². The summed E-state index contributed by atoms with van der Waals surface area (Å²) in [6, 6.07) is 9.03. The molecule has 2 aromatic carbocycles. The highest BCUT2D eigenvalue weighted by Gasteiger charge is 2.29. The number of carbonyl (C=O) groups excluding carboxylic acids is 2. The van der Waals surface area contributed by atoms with Crippen LogP contribution in [0.2, 0.25) is 0 Å². The molecule has 10 nitrogen and oxygen atoms in total. The van der Waals surface area contributed by atoms with E-state index in [-0.39, 0.29) is 44.2 Å². The monoisotopic (exact) mass is 641 g/mol. The summed E-state index contributed by atoms with van der Waals surface area (Å²) in [5.74, 6) is -2.59. The molecule has 45 heavy (non-hydrogen) atoms. The summed E-state index contributed by atoms with van der Waals surface area (Å²) in [7, 11) is 0. The van der Waals surface area contributed by atoms with Crippen molar-refractivity contribution in [3.8, 4) is 5.75 Å². The second kappa shape index (κ2) is 15.4. The third-order valence-corrected chi connectivity index (χ3v) is 6.39. The van der Waals surface area contributed by atoms with Crippen LogP contribution in [0.5, 0.6) is 5.75 Å². The van der Waals surface area contributed by atoms with Crippen molar-refractivity contribution in [1.29, 1.82) is 0 Å². The lowest BCUT2D eigenvalue weighted by atomic mass is 10.0. The van der Waals surface area contributed by atoms with Crippen LogP contribution in [-0.4, -0.2) is 74.3 Å². The Morgan fingerprint density at radius 1 is 1.00 bits per heavy atom. The molecule has 3 atom stereocenters. The minimum atomic E-state index is -4.57. The van der Waals surface area contributed by atoms with Gasteiger partial charge in [0.2, 0.25) is 5.91 Å². The average molecular weight is 642 g/mol. The van der Waals surface area contributed by atoms with Crippen LogP contribution in [-0.2, 0) is 20.7 Å². The fourth-order valence-corrected chi connectivity index (χ4v) is 4.15. The molecule has 1 aromatic heterocycles. The van der Waals surface area contributed by atoms with E-state index in [0.29, 0.717) is 11.3 Å². The van der Waals surface area contributed by atoms with Crippen molar-refractivity contribution in [2.75, 3.05) is 43.5 Å². The summed E-state index contributed by atoms with van der Waals surface area (Å²) in [5, 5.41) is 10.2. The van der Waals surface area contributed by atoms with Gasteiger partial charge in [-0.25, -0.2) is 18.0 Å². The van der Waals surface area contributed by atoms with Gasteiger partial charge in [-0.2, -0.15) is 13.2 Å². The van der Waals surface area contributed by atoms with Gasteiger partial charge in [-0.1, -0.05) is 12.1 Å². The zero-order chi connectivity index (χ0) is 32.4. The summed E-state index contributed by atoms with van der Waals surface area (Å²) in [6.45, 7) is -1.71. The van der Waals surface area contributed by atoms with E-state index in [0.717, 1.165) is 6.20 Å². The molecule has 1 fully saturated rings. The Morgan fingerprint density at radius 2 is 1.69 bits per heavy atom. The van der Waals surface area contributed by atoms with Crippen molar-refractivity contribution in [2.24, 2.45) is 0 Å². The van der Waals surface area contributed by atoms with E-state index < -0.39 is 60.4 Å². The van der Waals surface area contributed by atoms with Crippen LogP contribution in [0, 0.1) is 17.5 Å². The van der Waals surface area contributed by atoms with E-state index in [1.165, 1.54) is 54.7 Å². The molecule has 0 bridgehead atoms. The first-order valence-electron chi connectivity index (χ1n) is 13.6. The number of aromatic nitrogens is 1. The number of alkyl carbamates (subject to hydrolysis) is 1. The van der Waals surface area contributed by atoms with Crippen LogP contribution in [0.4, 0.5) is 42.5 Å². The first-order chi connectivity index (χ1) is 21.4. The number of benzene rings is 2. The summed E-state index contributed by atoms with van der Waals surface area (Å²) in [4.78, 5) is 28.5. The van der Waals surface area contributed by atoms with Gasteiger partial charge >= 0.3 is 12.3 Å². The first-order valence-corrected chi connectivity index (χ1v) is 13.6. The normalized spacial score (nSPS) is 17.2. The molecule has 0 unspecified atom stereocenters. The molecule has 4 rings (SSSR count). The number of halogens is 6. The van der Waals surface area contributed by atoms with Crippen molar-refractivity contribution in [3.05, 3.63) is 83.9 Å². The number of nitrogens with one attached hydrogen (secondary N) is 4. The molecule has 2 heterocycles. The maximum atomic E-state index is 14.9. The van der Waals surface area contributed by atoms with Gasteiger partial charge < -0.3 is 35.5 Å². The lowest BCUT2D eigenvalue weighted by Gasteiger charge is -2.30. The number of ether oxygens (including phenoxy) is 3. The molecule has 1 aliphatic rings. The van der Waals surface area contributed by atoms with Crippen molar-refractivity contribution in [1.82, 2.24) is 15.6 Å². The van der Waals surface area contributed by atoms with E-state index in [9.17, 15) is 35.9 Å². The smallest absolute Gasteiger partial charge is 0.407 e. The molecule has 1 saturated heterocycles. The van der Waals surface area contributed by atoms with Crippen molar-refractivity contribution in [2.45, 2.75) is 30.8 Å². The summed E-state index contributed by atoms with van der Waals surface area (Å²) < 4.78 is 94.5. The lowest BCUT2D eigenvalue weighted by Crippen LogP contribution is -2.51. The maximum Gasteiger partial charge on any atom is 0.407 e. The highest BCUT2D eigenvalue weighted by molar-refractivity contribution is 5.97. The number of pyridine rings is 1. The van der Waals surface area contributed by atoms with Crippen molar-refractivity contribution < 1.29 is 50.1 Å². The molecule has 3 aromatic rings. The van der Waals surface area contributed by atoms with Crippen molar-refractivity contribution in [3.63, 3.8) is 0 Å². The molecule has 1 aliphatic heterocycles. The standard InChI is InChI=1S/C29H29F6N5O5/c30-18-3-1-17(2-4-18)9-24(27(41)39-20-7-5-19(31)6-8-20)40-25-12-36-11-23(32)26(25)44-15-22-10-37-21(13-43-22)14-45-28(42)38-16-29(33,34)35/h1-8,11-12,21-22,24,37,40H,9-10,13-16H2,(H,38,42)(H,39,41)/t21-,22-,24-/m0/s1. The lowest BCUT2D eigenvalue weighted by molar-refractivity contribution is -0.124. The minimum Gasteiger partial charge on any atom is -0.485 e. The molecule has 2 amide bonds. The molecule has 242 valence electrons. The molecular formula is C29H29F6N5O5. The second-order valence-electron chi connectivity index (χ2n) is 9.96. The Kier molecular flexibility index (Phi) is 11.4. The van der Waals surface area contributed by atoms with Crippen LogP contribution in [0.25, 0.3) is 0 Å². The fourth-order valence-electron chi connectivity index (χ4n) is 4.15. The number of alkyl halides is 3. The van der Waals surface area contributed by atoms with Gasteiger partial charge in [0, 0.05) is 18.7 Å². The Balaban J connectivity index is 1.36. The summed E-state index contributed by atoms with van der Waals surface area (Å²) in [5.41, 5.74) is 0.943. The van der Waals surface area contributed by atoms with E-state index >= 15 is 0 Å². The van der Waals surface area contributed by atoms with E-state index in [1.54, 1.807) is 5.32 Å². The topological polar surface area (TPSA) is 123 Å². The van der Waals surface area contributed by atoms with Crippen LogP contribution in [0.1, 0.15) is 5.56 Å². The quantitative estimate of drug-likeness (QED) is 0.218. The number of nitrogens with zero attached hydrogens (tertiary/aromatic N) is 1. The number of anilines is 2. The SMILES string of the molecule is O=C(NCC(F)(F)F)OC[C@@H]1CO[C@H](COc2c(F)cncc2N[C@@H](Cc2ccc(F)cc2)C(=O)Nc2ccc(F)cc2)CN1. The zero-order valence-corrected chi connectivity index (χ0v) is 23.5. The van der Waals surface area contributed by atoms with Gasteiger partial charge in [-0.3, -0.25) is 9.78 Å². The van der Waals surface area contributed by atoms with Crippen LogP contribution in [0.15, 0.2) is 60.9 Å². The first kappa shape index (κ1) is 33.3. The average Bonchev–Trinajstić information content (AvgIpc) is 3.00. The molecule has 4 N–H and O–H groups in total. The van der Waals surface area contributed by atoms with Gasteiger partial charge in [0.05, 0.1) is 30.7 Å². The second-order valence-corrected chi connectivity index (χ2v) is 9.96. The minimum absolute atomic E-state index is 0.0216. The van der Waals surface area contributed by atoms with E-state index in [2.05, 4.69) is 20.9 Å². The summed E-state index contributed by atoms with van der Waals surface area (Å²) in [6.07, 6.45) is -4.14. The Bertz CT molecular complexity index is 1420. The van der Waals surface area contributed by atoms with Gasteiger partial charge in [0.15, 0.2) is 11.6 Å². The zero-order valence-electron chi connectivity index (χ0n) is 23.5. The maximum absolute atomic E-state index is 14.9. The number of morpholine rings is 1. The predicted octanol–water partition coefficient (Wildman–Crippen LogP) is 4.19. The molecule has 0 spiro atoms. The molecule has 0 aliphatic carbocycles. The fraction of sp³-hybridized carbons (Fsp3) is 0.345. The highest BCUT2D eigenvalue weighted by atomic mass is 19.4. The van der Waals surface area contributed by atoms with Crippen LogP contribution in [0.3, 0.4) is 0 Å². The third-order valence-electron chi connectivity index (χ3n) is 6.39. The van der Waals surface area contributed by atoms with E-state index in [1.807, 2.05) is 0 Å². The van der Waals surface area contributed by atoms with Crippen LogP contribution >= 0.6 is 0 Å². The molecule has 0 radical (unpaired) electrons. The number of rotatable bonds is 12. The number of hydrogen-bond donors (Lipinski definition) is 4. The number of amides is 2. The molecule has 0 saturated carbocycles. The van der Waals surface area contributed by atoms with E-state index in [4.69, 9.17) is 14.2 Å². The number of hydrogen-bond acceptors (Lipinski definition) is 8. The summed E-state index contributed by atoms with van der Waals surface area (Å²) >= 11 is 0. The Morgan fingerprint density at radius 3 is 2.33 bits per heavy atom. The number of carbonyl (C=O) groups is 2. The van der Waals surface area contributed by atoms with Gasteiger partial charge in [-0.05, 0) is 42.0 Å². The largest absolute Gasteiger partial charge is 0.485 e. The predicted molar refractivity (Wildman–Crippen MR) is 149 cm³/mol. The third kappa shape index (κ3) is 10.8. The molecular weight excluding hydrogens is 612 g/mol. The Hall–Kier alpha value is -4.57. The Labute approximate surface area is 253 Å².